The van der Waals surface area contributed by atoms with Crippen LogP contribution in [-0.4, -0.2) is 36.9 Å². The maximum Gasteiger partial charge on any atom is 0.418 e. The van der Waals surface area contributed by atoms with Crippen molar-refractivity contribution in [3.63, 3.8) is 0 Å². The first-order valence-electron chi connectivity index (χ1n) is 8.06. The van der Waals surface area contributed by atoms with Crippen molar-refractivity contribution in [2.75, 3.05) is 30.8 Å². The van der Waals surface area contributed by atoms with Crippen LogP contribution in [-0.2, 0) is 15.8 Å². The van der Waals surface area contributed by atoms with Gasteiger partial charge in [0.15, 0.2) is 0 Å². The van der Waals surface area contributed by atoms with Crippen molar-refractivity contribution >= 4 is 58.0 Å². The van der Waals surface area contributed by atoms with Gasteiger partial charge in [0.2, 0.25) is 11.8 Å². The van der Waals surface area contributed by atoms with Gasteiger partial charge in [-0.2, -0.15) is 13.2 Å². The molecule has 0 spiro atoms. The Morgan fingerprint density at radius 3 is 2.07 bits per heavy atom. The molecule has 11 heteroatoms. The first kappa shape index (κ1) is 23.3. The normalized spacial score (nSPS) is 11.4. The van der Waals surface area contributed by atoms with E-state index in [-0.39, 0.29) is 33.8 Å². The molecule has 0 saturated heterocycles. The van der Waals surface area contributed by atoms with E-state index >= 15 is 0 Å². The second kappa shape index (κ2) is 9.67. The van der Waals surface area contributed by atoms with E-state index in [1.807, 2.05) is 0 Å². The lowest BCUT2D eigenvalue weighted by atomic mass is 10.1. The number of amides is 2. The van der Waals surface area contributed by atoms with Crippen LogP contribution in [0.15, 0.2) is 36.4 Å². The number of hydrogen-bond acceptors (Lipinski definition) is 3. The molecular weight excluding hydrogens is 454 g/mol. The Balaban J connectivity index is 1.97. The molecule has 0 saturated carbocycles. The number of benzene rings is 2. The number of carbonyl (C=O) groups is 2. The number of nitrogens with one attached hydrogen (secondary N) is 2. The fourth-order valence-electron chi connectivity index (χ4n) is 2.39. The van der Waals surface area contributed by atoms with E-state index in [1.54, 1.807) is 18.2 Å². The second-order valence-corrected chi connectivity index (χ2v) is 7.30. The third-order valence-electron chi connectivity index (χ3n) is 3.62. The molecule has 2 aromatic carbocycles. The summed E-state index contributed by atoms with van der Waals surface area (Å²) in [4.78, 5) is 25.6. The Morgan fingerprint density at radius 2 is 1.52 bits per heavy atom. The average molecular weight is 469 g/mol. The van der Waals surface area contributed by atoms with Crippen molar-refractivity contribution in [2.45, 2.75) is 6.18 Å². The van der Waals surface area contributed by atoms with E-state index in [1.165, 1.54) is 18.0 Å². The minimum absolute atomic E-state index is 0.109. The Hall–Kier alpha value is -2.00. The number of nitrogens with zero attached hydrogens (tertiary/aromatic N) is 1. The van der Waals surface area contributed by atoms with Gasteiger partial charge in [-0.1, -0.05) is 40.9 Å². The summed E-state index contributed by atoms with van der Waals surface area (Å²) >= 11 is 17.5. The monoisotopic (exact) mass is 467 g/mol. The van der Waals surface area contributed by atoms with E-state index in [0.717, 1.165) is 12.1 Å². The average Bonchev–Trinajstić information content (AvgIpc) is 2.58. The maximum absolute atomic E-state index is 13.1. The summed E-state index contributed by atoms with van der Waals surface area (Å²) in [6.07, 6.45) is -4.69. The SMILES string of the molecule is CN(CC(=O)Nc1ccc(Cl)cc1C(F)(F)F)CC(=O)Nc1c(Cl)cccc1Cl. The van der Waals surface area contributed by atoms with Gasteiger partial charge in [0.05, 0.1) is 40.1 Å². The van der Waals surface area contributed by atoms with Crippen molar-refractivity contribution in [2.24, 2.45) is 0 Å². The highest BCUT2D eigenvalue weighted by atomic mass is 35.5. The number of rotatable bonds is 6. The summed E-state index contributed by atoms with van der Waals surface area (Å²) in [7, 11) is 1.46. The molecule has 0 bridgehead atoms. The van der Waals surface area contributed by atoms with Crippen molar-refractivity contribution in [1.29, 1.82) is 0 Å². The van der Waals surface area contributed by atoms with Crippen LogP contribution in [0.2, 0.25) is 15.1 Å². The quantitative estimate of drug-likeness (QED) is 0.614. The lowest BCUT2D eigenvalue weighted by Gasteiger charge is -2.18. The van der Waals surface area contributed by atoms with Crippen LogP contribution in [0.25, 0.3) is 0 Å². The molecule has 2 rings (SSSR count). The fraction of sp³-hybridized carbons (Fsp3) is 0.222. The van der Waals surface area contributed by atoms with Crippen LogP contribution >= 0.6 is 34.8 Å². The largest absolute Gasteiger partial charge is 0.418 e. The second-order valence-electron chi connectivity index (χ2n) is 6.05. The van der Waals surface area contributed by atoms with Gasteiger partial charge in [-0.05, 0) is 37.4 Å². The number of para-hydroxylation sites is 1. The van der Waals surface area contributed by atoms with Crippen LogP contribution in [0.4, 0.5) is 24.5 Å². The zero-order valence-electron chi connectivity index (χ0n) is 14.9. The predicted octanol–water partition coefficient (Wildman–Crippen LogP) is 5.17. The molecule has 0 heterocycles. The van der Waals surface area contributed by atoms with Gasteiger partial charge in [-0.3, -0.25) is 14.5 Å². The number of anilines is 2. The van der Waals surface area contributed by atoms with Crippen LogP contribution in [0.3, 0.4) is 0 Å². The first-order valence-corrected chi connectivity index (χ1v) is 9.19. The van der Waals surface area contributed by atoms with Crippen molar-refractivity contribution in [1.82, 2.24) is 4.90 Å². The van der Waals surface area contributed by atoms with Crippen molar-refractivity contribution in [3.8, 4) is 0 Å². The third-order valence-corrected chi connectivity index (χ3v) is 4.48. The van der Waals surface area contributed by atoms with E-state index < -0.39 is 29.2 Å². The van der Waals surface area contributed by atoms with Gasteiger partial charge >= 0.3 is 6.18 Å². The molecule has 29 heavy (non-hydrogen) atoms. The zero-order valence-corrected chi connectivity index (χ0v) is 17.2. The van der Waals surface area contributed by atoms with E-state index in [2.05, 4.69) is 10.6 Å². The molecule has 2 amide bonds. The van der Waals surface area contributed by atoms with Crippen LogP contribution < -0.4 is 10.6 Å². The molecule has 156 valence electrons. The number of carbonyl (C=O) groups excluding carboxylic acids is 2. The molecule has 0 unspecified atom stereocenters. The molecule has 0 aromatic heterocycles. The number of hydrogen-bond donors (Lipinski definition) is 2. The highest BCUT2D eigenvalue weighted by molar-refractivity contribution is 6.39. The van der Waals surface area contributed by atoms with E-state index in [4.69, 9.17) is 34.8 Å². The van der Waals surface area contributed by atoms with Gasteiger partial charge in [0, 0.05) is 5.02 Å². The number of likely N-dealkylation sites (N-methyl/N-ethyl adjacent to an activating group) is 1. The van der Waals surface area contributed by atoms with Crippen LogP contribution in [0.1, 0.15) is 5.56 Å². The Bertz CT molecular complexity index is 903. The minimum Gasteiger partial charge on any atom is -0.324 e. The number of alkyl halides is 3. The van der Waals surface area contributed by atoms with Crippen molar-refractivity contribution in [3.05, 3.63) is 57.0 Å². The lowest BCUT2D eigenvalue weighted by molar-refractivity contribution is -0.137. The van der Waals surface area contributed by atoms with Gasteiger partial charge in [0.1, 0.15) is 0 Å². The van der Waals surface area contributed by atoms with E-state index in [9.17, 15) is 22.8 Å². The summed E-state index contributed by atoms with van der Waals surface area (Å²) in [6.45, 7) is -0.550. The van der Waals surface area contributed by atoms with Crippen LogP contribution in [0, 0.1) is 0 Å². The molecular formula is C18H15Cl3F3N3O2. The van der Waals surface area contributed by atoms with Crippen molar-refractivity contribution < 1.29 is 22.8 Å². The lowest BCUT2D eigenvalue weighted by Crippen LogP contribution is -2.36. The molecule has 0 radical (unpaired) electrons. The maximum atomic E-state index is 13.1. The zero-order chi connectivity index (χ0) is 21.8. The summed E-state index contributed by atoms with van der Waals surface area (Å²) in [5, 5.41) is 5.09. The molecule has 0 aliphatic carbocycles. The Kier molecular flexibility index (Phi) is 7.76. The summed E-state index contributed by atoms with van der Waals surface area (Å²) in [6, 6.07) is 7.73. The van der Waals surface area contributed by atoms with Crippen LogP contribution in [0.5, 0.6) is 0 Å². The molecule has 5 nitrogen and oxygen atoms in total. The fourth-order valence-corrected chi connectivity index (χ4v) is 3.06. The standard InChI is InChI=1S/C18H15Cl3F3N3O2/c1-27(9-16(29)26-17-12(20)3-2-4-13(17)21)8-15(28)25-14-6-5-10(19)7-11(14)18(22,23)24/h2-7H,8-9H2,1H3,(H,25,28)(H,26,29). The highest BCUT2D eigenvalue weighted by Gasteiger charge is 2.34. The topological polar surface area (TPSA) is 61.4 Å². The van der Waals surface area contributed by atoms with Gasteiger partial charge in [0.25, 0.3) is 0 Å². The molecule has 0 atom stereocenters. The summed E-state index contributed by atoms with van der Waals surface area (Å²) in [5.41, 5.74) is -1.26. The third kappa shape index (κ3) is 6.78. The summed E-state index contributed by atoms with van der Waals surface area (Å²) < 4.78 is 39.3. The van der Waals surface area contributed by atoms with Gasteiger partial charge < -0.3 is 10.6 Å². The molecule has 0 aliphatic heterocycles. The number of halogens is 6. The van der Waals surface area contributed by atoms with E-state index in [0.29, 0.717) is 0 Å². The predicted molar refractivity (Wildman–Crippen MR) is 108 cm³/mol. The summed E-state index contributed by atoms with van der Waals surface area (Å²) in [5.74, 6) is -1.23. The molecule has 0 fully saturated rings. The molecule has 2 aromatic rings. The Labute approximate surface area is 179 Å². The Morgan fingerprint density at radius 1 is 0.966 bits per heavy atom. The smallest absolute Gasteiger partial charge is 0.324 e. The van der Waals surface area contributed by atoms with Gasteiger partial charge in [-0.25, -0.2) is 0 Å². The van der Waals surface area contributed by atoms with Gasteiger partial charge in [-0.15, -0.1) is 0 Å². The molecule has 0 aliphatic rings. The highest BCUT2D eigenvalue weighted by Crippen LogP contribution is 2.36. The molecule has 2 N–H and O–H groups in total. The minimum atomic E-state index is -4.69. The first-order chi connectivity index (χ1) is 13.5.